The van der Waals surface area contributed by atoms with E-state index >= 15 is 0 Å². The van der Waals surface area contributed by atoms with Gasteiger partial charge in [-0.3, -0.25) is 4.79 Å². The van der Waals surface area contributed by atoms with Gasteiger partial charge in [0, 0.05) is 12.6 Å². The van der Waals surface area contributed by atoms with E-state index < -0.39 is 0 Å². The molecule has 3 N–H and O–H groups in total. The van der Waals surface area contributed by atoms with E-state index in [4.69, 9.17) is 5.73 Å². The van der Waals surface area contributed by atoms with Crippen LogP contribution in [-0.2, 0) is 4.79 Å². The Balaban J connectivity index is 2.17. The summed E-state index contributed by atoms with van der Waals surface area (Å²) >= 11 is 0. The average molecular weight is 240 g/mol. The number of carbonyl (C=O) groups is 1. The van der Waals surface area contributed by atoms with E-state index in [0.29, 0.717) is 0 Å². The van der Waals surface area contributed by atoms with E-state index in [1.165, 1.54) is 6.92 Å². The van der Waals surface area contributed by atoms with E-state index in [2.05, 4.69) is 5.32 Å². The standard InChI is InChI=1S/C15H16N2O/c1-11(18)17-14-9-7-13(8-10-14)15(16)12-5-3-2-4-6-12/h2-10,15H,16H2,1H3,(H,17,18). The fourth-order valence-electron chi connectivity index (χ4n) is 1.83. The zero-order chi connectivity index (χ0) is 13.0. The molecule has 2 rings (SSSR count). The van der Waals surface area contributed by atoms with Gasteiger partial charge in [-0.25, -0.2) is 0 Å². The topological polar surface area (TPSA) is 55.1 Å². The highest BCUT2D eigenvalue weighted by Crippen LogP contribution is 2.20. The molecule has 3 heteroatoms. The minimum Gasteiger partial charge on any atom is -0.326 e. The molecule has 0 spiro atoms. The Bertz CT molecular complexity index is 520. The van der Waals surface area contributed by atoms with Crippen molar-refractivity contribution in [3.63, 3.8) is 0 Å². The van der Waals surface area contributed by atoms with E-state index in [1.54, 1.807) is 0 Å². The van der Waals surface area contributed by atoms with Crippen molar-refractivity contribution in [3.05, 3.63) is 65.7 Å². The Labute approximate surface area is 107 Å². The van der Waals surface area contributed by atoms with Crippen molar-refractivity contribution in [2.45, 2.75) is 13.0 Å². The molecule has 0 aliphatic carbocycles. The second-order valence-electron chi connectivity index (χ2n) is 4.19. The Morgan fingerprint density at radius 1 is 1.00 bits per heavy atom. The van der Waals surface area contributed by atoms with E-state index in [-0.39, 0.29) is 11.9 Å². The number of carbonyl (C=O) groups excluding carboxylic acids is 1. The predicted octanol–water partition coefficient (Wildman–Crippen LogP) is 2.69. The smallest absolute Gasteiger partial charge is 0.221 e. The normalized spacial score (nSPS) is 11.9. The van der Waals surface area contributed by atoms with Crippen LogP contribution in [0.25, 0.3) is 0 Å². The van der Waals surface area contributed by atoms with Crippen molar-refractivity contribution < 1.29 is 4.79 Å². The van der Waals surface area contributed by atoms with Crippen molar-refractivity contribution in [1.82, 2.24) is 0 Å². The van der Waals surface area contributed by atoms with Gasteiger partial charge in [0.25, 0.3) is 0 Å². The average Bonchev–Trinajstić information content (AvgIpc) is 2.39. The van der Waals surface area contributed by atoms with E-state index in [0.717, 1.165) is 16.8 Å². The molecule has 0 aromatic heterocycles. The van der Waals surface area contributed by atoms with Crippen LogP contribution in [0.3, 0.4) is 0 Å². The third-order valence-electron chi connectivity index (χ3n) is 2.75. The molecule has 0 aliphatic heterocycles. The lowest BCUT2D eigenvalue weighted by atomic mass is 9.99. The number of rotatable bonds is 3. The molecule has 0 aliphatic rings. The molecular formula is C15H16N2O. The molecule has 18 heavy (non-hydrogen) atoms. The highest BCUT2D eigenvalue weighted by atomic mass is 16.1. The summed E-state index contributed by atoms with van der Waals surface area (Å²) < 4.78 is 0. The molecule has 92 valence electrons. The predicted molar refractivity (Wildman–Crippen MR) is 73.2 cm³/mol. The number of nitrogens with one attached hydrogen (secondary N) is 1. The van der Waals surface area contributed by atoms with Crippen molar-refractivity contribution in [2.24, 2.45) is 5.73 Å². The summed E-state index contributed by atoms with van der Waals surface area (Å²) in [6.07, 6.45) is 0. The van der Waals surface area contributed by atoms with Crippen molar-refractivity contribution in [2.75, 3.05) is 5.32 Å². The molecule has 2 aromatic rings. The summed E-state index contributed by atoms with van der Waals surface area (Å²) in [5.74, 6) is -0.0740. The van der Waals surface area contributed by atoms with Gasteiger partial charge in [0.15, 0.2) is 0 Å². The molecule has 0 radical (unpaired) electrons. The summed E-state index contributed by atoms with van der Waals surface area (Å²) in [7, 11) is 0. The fourth-order valence-corrected chi connectivity index (χ4v) is 1.83. The molecule has 0 bridgehead atoms. The number of hydrogen-bond acceptors (Lipinski definition) is 2. The largest absolute Gasteiger partial charge is 0.326 e. The Kier molecular flexibility index (Phi) is 3.75. The minimum atomic E-state index is -0.141. The van der Waals surface area contributed by atoms with Gasteiger partial charge < -0.3 is 11.1 Å². The van der Waals surface area contributed by atoms with Crippen molar-refractivity contribution in [1.29, 1.82) is 0 Å². The molecule has 1 unspecified atom stereocenters. The summed E-state index contributed by atoms with van der Waals surface area (Å²) in [5.41, 5.74) is 9.06. The molecule has 3 nitrogen and oxygen atoms in total. The summed E-state index contributed by atoms with van der Waals surface area (Å²) in [6.45, 7) is 1.49. The van der Waals surface area contributed by atoms with Gasteiger partial charge in [-0.05, 0) is 23.3 Å². The van der Waals surface area contributed by atoms with Crippen LogP contribution >= 0.6 is 0 Å². The first-order valence-electron chi connectivity index (χ1n) is 5.85. The maximum absolute atomic E-state index is 10.9. The second kappa shape index (κ2) is 5.47. The van der Waals surface area contributed by atoms with Gasteiger partial charge in [0.1, 0.15) is 0 Å². The monoisotopic (exact) mass is 240 g/mol. The van der Waals surface area contributed by atoms with Crippen LogP contribution < -0.4 is 11.1 Å². The number of benzene rings is 2. The third-order valence-corrected chi connectivity index (χ3v) is 2.75. The minimum absolute atomic E-state index is 0.0740. The van der Waals surface area contributed by atoms with Crippen molar-refractivity contribution in [3.8, 4) is 0 Å². The highest BCUT2D eigenvalue weighted by molar-refractivity contribution is 5.88. The van der Waals surface area contributed by atoms with Crippen LogP contribution in [-0.4, -0.2) is 5.91 Å². The zero-order valence-corrected chi connectivity index (χ0v) is 10.3. The summed E-state index contributed by atoms with van der Waals surface area (Å²) in [4.78, 5) is 10.9. The van der Waals surface area contributed by atoms with E-state index in [9.17, 15) is 4.79 Å². The van der Waals surface area contributed by atoms with Crippen LogP contribution in [0.5, 0.6) is 0 Å². The number of anilines is 1. The highest BCUT2D eigenvalue weighted by Gasteiger charge is 2.07. The molecule has 1 atom stereocenters. The molecule has 0 fully saturated rings. The van der Waals surface area contributed by atoms with Crippen LogP contribution in [0.1, 0.15) is 24.1 Å². The molecule has 2 aromatic carbocycles. The molecule has 0 heterocycles. The SMILES string of the molecule is CC(=O)Nc1ccc(C(N)c2ccccc2)cc1. The quantitative estimate of drug-likeness (QED) is 0.866. The Morgan fingerprint density at radius 3 is 2.11 bits per heavy atom. The third kappa shape index (κ3) is 2.96. The maximum Gasteiger partial charge on any atom is 0.221 e. The Hall–Kier alpha value is -2.13. The number of hydrogen-bond donors (Lipinski definition) is 2. The maximum atomic E-state index is 10.9. The number of nitrogens with two attached hydrogens (primary N) is 1. The first-order chi connectivity index (χ1) is 8.66. The number of amides is 1. The van der Waals surface area contributed by atoms with Crippen LogP contribution in [0.15, 0.2) is 54.6 Å². The lowest BCUT2D eigenvalue weighted by molar-refractivity contribution is -0.114. The van der Waals surface area contributed by atoms with Crippen molar-refractivity contribution >= 4 is 11.6 Å². The second-order valence-corrected chi connectivity index (χ2v) is 4.19. The molecule has 1 amide bonds. The first kappa shape index (κ1) is 12.3. The molecule has 0 saturated carbocycles. The zero-order valence-electron chi connectivity index (χ0n) is 10.3. The first-order valence-corrected chi connectivity index (χ1v) is 5.85. The summed E-state index contributed by atoms with van der Waals surface area (Å²) in [5, 5.41) is 2.73. The Morgan fingerprint density at radius 2 is 1.56 bits per heavy atom. The van der Waals surface area contributed by atoms with Gasteiger partial charge >= 0.3 is 0 Å². The van der Waals surface area contributed by atoms with Crippen LogP contribution in [0.4, 0.5) is 5.69 Å². The van der Waals surface area contributed by atoms with Gasteiger partial charge in [0.2, 0.25) is 5.91 Å². The lowest BCUT2D eigenvalue weighted by Crippen LogP contribution is -2.12. The van der Waals surface area contributed by atoms with Gasteiger partial charge in [-0.2, -0.15) is 0 Å². The summed E-state index contributed by atoms with van der Waals surface area (Å²) in [6, 6.07) is 17.4. The van der Waals surface area contributed by atoms with Gasteiger partial charge in [-0.15, -0.1) is 0 Å². The van der Waals surface area contributed by atoms with Gasteiger partial charge in [-0.1, -0.05) is 42.5 Å². The lowest BCUT2D eigenvalue weighted by Gasteiger charge is -2.13. The van der Waals surface area contributed by atoms with Crippen LogP contribution in [0.2, 0.25) is 0 Å². The molecular weight excluding hydrogens is 224 g/mol. The fraction of sp³-hybridized carbons (Fsp3) is 0.133. The van der Waals surface area contributed by atoms with Crippen LogP contribution in [0, 0.1) is 0 Å². The molecule has 0 saturated heterocycles. The van der Waals surface area contributed by atoms with Gasteiger partial charge in [0.05, 0.1) is 6.04 Å². The van der Waals surface area contributed by atoms with E-state index in [1.807, 2.05) is 54.6 Å².